The fourth-order valence-corrected chi connectivity index (χ4v) is 7.30. The molecule has 9 nitrogen and oxygen atoms in total. The molecule has 2 aromatic rings. The summed E-state index contributed by atoms with van der Waals surface area (Å²) in [5.41, 5.74) is 3.17. The number of ketones is 1. The maximum Gasteiger partial charge on any atom is 0.253 e. The number of nitrogens with one attached hydrogen (secondary N) is 1. The van der Waals surface area contributed by atoms with E-state index in [1.54, 1.807) is 13.2 Å². The van der Waals surface area contributed by atoms with Crippen molar-refractivity contribution in [3.8, 4) is 5.75 Å². The summed E-state index contributed by atoms with van der Waals surface area (Å²) in [6, 6.07) is 6.12. The van der Waals surface area contributed by atoms with Crippen LogP contribution in [0.3, 0.4) is 0 Å². The Morgan fingerprint density at radius 1 is 1.07 bits per heavy atom. The summed E-state index contributed by atoms with van der Waals surface area (Å²) in [4.78, 5) is 42.4. The van der Waals surface area contributed by atoms with Gasteiger partial charge >= 0.3 is 0 Å². The Labute approximate surface area is 269 Å². The molecule has 0 bridgehead atoms. The minimum absolute atomic E-state index is 0.00616. The van der Waals surface area contributed by atoms with Crippen molar-refractivity contribution in [1.29, 1.82) is 0 Å². The van der Waals surface area contributed by atoms with E-state index in [0.29, 0.717) is 29.0 Å². The minimum Gasteiger partial charge on any atom is -0.495 e. The van der Waals surface area contributed by atoms with Crippen molar-refractivity contribution in [1.82, 2.24) is 19.8 Å². The molecular weight excluding hydrogens is 564 g/mol. The molecule has 4 heterocycles. The number of allylic oxidation sites excluding steroid dienone is 2. The lowest BCUT2D eigenvalue weighted by Gasteiger charge is -2.38. The van der Waals surface area contributed by atoms with E-state index in [2.05, 4.69) is 29.0 Å². The van der Waals surface area contributed by atoms with Crippen molar-refractivity contribution in [3.05, 3.63) is 47.3 Å². The molecule has 5 rings (SSSR count). The van der Waals surface area contributed by atoms with Crippen LogP contribution in [0.1, 0.15) is 94.5 Å². The van der Waals surface area contributed by atoms with Gasteiger partial charge < -0.3 is 24.8 Å². The normalized spacial score (nSPS) is 22.1. The van der Waals surface area contributed by atoms with E-state index < -0.39 is 0 Å². The van der Waals surface area contributed by atoms with Crippen LogP contribution in [-0.4, -0.2) is 77.8 Å². The highest BCUT2D eigenvalue weighted by molar-refractivity contribution is 5.95. The van der Waals surface area contributed by atoms with Gasteiger partial charge in [-0.25, -0.2) is 4.98 Å². The second kappa shape index (κ2) is 15.2. The third-order valence-corrected chi connectivity index (χ3v) is 10.2. The van der Waals surface area contributed by atoms with Crippen LogP contribution in [-0.2, 0) is 11.2 Å². The van der Waals surface area contributed by atoms with E-state index in [1.807, 2.05) is 48.2 Å². The van der Waals surface area contributed by atoms with E-state index >= 15 is 0 Å². The number of aromatic nitrogens is 2. The van der Waals surface area contributed by atoms with Crippen molar-refractivity contribution >= 4 is 29.1 Å². The Bertz CT molecular complexity index is 1370. The van der Waals surface area contributed by atoms with Gasteiger partial charge in [-0.3, -0.25) is 9.59 Å². The molecule has 2 unspecified atom stereocenters. The topological polar surface area (TPSA) is 90.9 Å². The lowest BCUT2D eigenvalue weighted by molar-refractivity contribution is -0.118. The van der Waals surface area contributed by atoms with Gasteiger partial charge in [-0.15, -0.1) is 0 Å². The maximum atomic E-state index is 13.6. The fourth-order valence-electron chi connectivity index (χ4n) is 7.30. The molecule has 45 heavy (non-hydrogen) atoms. The highest BCUT2D eigenvalue weighted by Gasteiger charge is 2.29. The van der Waals surface area contributed by atoms with Crippen LogP contribution in [0.5, 0.6) is 5.75 Å². The molecule has 3 aliphatic heterocycles. The summed E-state index contributed by atoms with van der Waals surface area (Å²) >= 11 is 0. The third-order valence-electron chi connectivity index (χ3n) is 10.2. The minimum atomic E-state index is 0.00616. The number of hydrogen-bond acceptors (Lipinski definition) is 8. The zero-order valence-electron chi connectivity index (χ0n) is 28.0. The molecule has 0 aliphatic carbocycles. The lowest BCUT2D eigenvalue weighted by Crippen LogP contribution is -2.47. The van der Waals surface area contributed by atoms with Crippen molar-refractivity contribution in [2.75, 3.05) is 50.6 Å². The summed E-state index contributed by atoms with van der Waals surface area (Å²) in [5.74, 6) is 2.88. The molecule has 2 fully saturated rings. The van der Waals surface area contributed by atoms with E-state index in [9.17, 15) is 9.59 Å². The summed E-state index contributed by atoms with van der Waals surface area (Å²) in [7, 11) is 3.54. The van der Waals surface area contributed by atoms with Crippen molar-refractivity contribution < 1.29 is 14.3 Å². The van der Waals surface area contributed by atoms with E-state index in [0.717, 1.165) is 68.2 Å². The van der Waals surface area contributed by atoms with Gasteiger partial charge in [0.1, 0.15) is 11.6 Å². The second-order valence-corrected chi connectivity index (χ2v) is 13.1. The van der Waals surface area contributed by atoms with Crippen LogP contribution in [0, 0.1) is 11.8 Å². The molecule has 0 saturated carbocycles. The number of amides is 1. The average Bonchev–Trinajstić information content (AvgIpc) is 3.28. The van der Waals surface area contributed by atoms with Gasteiger partial charge in [-0.05, 0) is 95.5 Å². The quantitative estimate of drug-likeness (QED) is 0.354. The molecule has 1 N–H and O–H groups in total. The summed E-state index contributed by atoms with van der Waals surface area (Å²) < 4.78 is 5.72. The molecule has 2 saturated heterocycles. The van der Waals surface area contributed by atoms with Gasteiger partial charge in [0.2, 0.25) is 5.95 Å². The van der Waals surface area contributed by atoms with Crippen molar-refractivity contribution in [3.63, 3.8) is 0 Å². The van der Waals surface area contributed by atoms with Crippen LogP contribution in [0.4, 0.5) is 17.5 Å². The van der Waals surface area contributed by atoms with Crippen LogP contribution in [0.2, 0.25) is 0 Å². The Balaban J connectivity index is 1.24. The number of rotatable bonds is 8. The number of carbonyl (C=O) groups excluding carboxylic acids is 2. The molecule has 1 aromatic heterocycles. The van der Waals surface area contributed by atoms with Crippen LogP contribution in [0.25, 0.3) is 0 Å². The SMILES string of the molecule is CCCC1CCCN(C2CCN(C(=O)c3ccc(Nc4ncc5c(n4)N(C)C(C)=CC(=O)C(CC)CC5)c(OC)c3)CC2)CC1. The highest BCUT2D eigenvalue weighted by Crippen LogP contribution is 2.32. The number of methoxy groups -OCH3 is 1. The number of likely N-dealkylation sites (tertiary alicyclic amines) is 2. The lowest BCUT2D eigenvalue weighted by atomic mass is 9.94. The number of benzene rings is 1. The summed E-state index contributed by atoms with van der Waals surface area (Å²) in [6.07, 6.45) is 14.6. The Morgan fingerprint density at radius 3 is 2.60 bits per heavy atom. The largest absolute Gasteiger partial charge is 0.495 e. The molecular formula is C36H52N6O3. The number of nitrogens with zero attached hydrogens (tertiary/aromatic N) is 5. The van der Waals surface area contributed by atoms with Crippen molar-refractivity contribution in [2.45, 2.75) is 91.0 Å². The standard InChI is InChI=1S/C36H52N6O3/c1-6-9-26-10-8-18-41(19-15-26)30-16-20-42(21-17-30)35(44)28-13-14-31(33(23-28)45-5)38-36-37-24-29-12-11-27(7-2)32(43)22-25(3)40(4)34(29)39-36/h13-14,22-24,26-27,30H,6-12,15-21H2,1-5H3,(H,37,38,39). The monoisotopic (exact) mass is 616 g/mol. The summed E-state index contributed by atoms with van der Waals surface area (Å²) in [6.45, 7) is 10.3. The maximum absolute atomic E-state index is 13.6. The van der Waals surface area contributed by atoms with Gasteiger partial charge in [-0.2, -0.15) is 4.98 Å². The highest BCUT2D eigenvalue weighted by atomic mass is 16.5. The van der Waals surface area contributed by atoms with Crippen LogP contribution < -0.4 is 15.0 Å². The first-order valence-corrected chi connectivity index (χ1v) is 17.1. The molecule has 9 heteroatoms. The predicted octanol–water partition coefficient (Wildman–Crippen LogP) is 6.62. The van der Waals surface area contributed by atoms with Gasteiger partial charge in [0.05, 0.1) is 12.8 Å². The smallest absolute Gasteiger partial charge is 0.253 e. The molecule has 0 radical (unpaired) electrons. The van der Waals surface area contributed by atoms with E-state index in [4.69, 9.17) is 9.72 Å². The number of hydrogen-bond donors (Lipinski definition) is 1. The number of carbonyl (C=O) groups is 2. The zero-order valence-corrected chi connectivity index (χ0v) is 28.0. The van der Waals surface area contributed by atoms with Crippen molar-refractivity contribution in [2.24, 2.45) is 11.8 Å². The van der Waals surface area contributed by atoms with Gasteiger partial charge in [0.15, 0.2) is 5.78 Å². The first kappa shape index (κ1) is 32.9. The van der Waals surface area contributed by atoms with Gasteiger partial charge in [-0.1, -0.05) is 26.7 Å². The number of fused-ring (bicyclic) bond motifs is 1. The molecule has 3 aliphatic rings. The number of piperidine rings is 1. The fraction of sp³-hybridized carbons (Fsp3) is 0.611. The molecule has 1 aromatic carbocycles. The first-order valence-electron chi connectivity index (χ1n) is 17.1. The van der Waals surface area contributed by atoms with Crippen LogP contribution in [0.15, 0.2) is 36.2 Å². The third kappa shape index (κ3) is 7.86. The predicted molar refractivity (Wildman–Crippen MR) is 180 cm³/mol. The molecule has 1 amide bonds. The Hall–Kier alpha value is -3.46. The number of anilines is 3. The number of aryl methyl sites for hydroxylation is 1. The molecule has 2 atom stereocenters. The molecule has 0 spiro atoms. The average molecular weight is 617 g/mol. The number of ether oxygens (including phenoxy) is 1. The second-order valence-electron chi connectivity index (χ2n) is 13.1. The Morgan fingerprint density at radius 2 is 1.87 bits per heavy atom. The van der Waals surface area contributed by atoms with E-state index in [-0.39, 0.29) is 17.6 Å². The summed E-state index contributed by atoms with van der Waals surface area (Å²) in [5, 5.41) is 3.30. The van der Waals surface area contributed by atoms with Gasteiger partial charge in [0.25, 0.3) is 5.91 Å². The first-order chi connectivity index (χ1) is 21.8. The van der Waals surface area contributed by atoms with Gasteiger partial charge in [0, 0.05) is 61.2 Å². The molecule has 244 valence electrons. The Kier molecular flexibility index (Phi) is 11.1. The van der Waals surface area contributed by atoms with Crippen LogP contribution >= 0.6 is 0 Å². The van der Waals surface area contributed by atoms with E-state index in [1.165, 1.54) is 45.2 Å². The zero-order chi connectivity index (χ0) is 31.9.